The Bertz CT molecular complexity index is 6770. The van der Waals surface area contributed by atoms with Crippen LogP contribution in [0.25, 0.3) is 45.6 Å². The summed E-state index contributed by atoms with van der Waals surface area (Å²) in [5, 5.41) is 42.5. The minimum atomic E-state index is -2.06. The number of allylic oxidation sites excluding steroid dienone is 2. The lowest BCUT2D eigenvalue weighted by molar-refractivity contribution is -0.178. The number of hydrogen-bond acceptors (Lipinski definition) is 16. The van der Waals surface area contributed by atoms with Crippen molar-refractivity contribution in [1.82, 2.24) is 0 Å². The molecule has 4 N–H and O–H groups in total. The Labute approximate surface area is 765 Å². The minimum Gasteiger partial charge on any atom is -0.425 e. The topological polar surface area (TPSA) is 239 Å². The summed E-state index contributed by atoms with van der Waals surface area (Å²) in [7, 11) is 0. The highest BCUT2D eigenvalue weighted by atomic mass is 35.5. The normalized spacial score (nSPS) is 18.9. The number of rotatable bonds is 16. The second-order valence-corrected chi connectivity index (χ2v) is 30.8. The van der Waals surface area contributed by atoms with E-state index in [0.29, 0.717) is 63.1 Å². The summed E-state index contributed by atoms with van der Waals surface area (Å²) in [6.45, 7) is 0. The van der Waals surface area contributed by atoms with Gasteiger partial charge in [-0.05, 0) is 118 Å². The maximum Gasteiger partial charge on any atom is 0.344 e. The molecule has 0 saturated carbocycles. The molecule has 0 saturated heterocycles. The number of esters is 6. The number of carbonyl (C=O) groups is 6. The van der Waals surface area contributed by atoms with Crippen LogP contribution in [0.1, 0.15) is 66.8 Å². The third kappa shape index (κ3) is 24.2. The summed E-state index contributed by atoms with van der Waals surface area (Å²) in [6.07, 6.45) is 9.45. The smallest absolute Gasteiger partial charge is 0.344 e. The van der Waals surface area contributed by atoms with Gasteiger partial charge in [0.25, 0.3) is 0 Å². The summed E-state index contributed by atoms with van der Waals surface area (Å²) in [5.41, 5.74) is -1.21. The van der Waals surface area contributed by atoms with Gasteiger partial charge in [-0.1, -0.05) is 187 Å². The molecule has 686 valence electrons. The molecule has 4 unspecified atom stereocenters. The predicted molar refractivity (Wildman–Crippen MR) is 462 cm³/mol. The minimum absolute atomic E-state index is 0.000842. The maximum absolute atomic E-state index is 13.8. The quantitative estimate of drug-likeness (QED) is 0.0400. The molecule has 18 rings (SSSR count). The van der Waals surface area contributed by atoms with E-state index < -0.39 is 185 Å². The van der Waals surface area contributed by atoms with Gasteiger partial charge in [-0.25, -0.2) is 94.6 Å². The van der Waals surface area contributed by atoms with Crippen molar-refractivity contribution in [1.29, 1.82) is 0 Å². The monoisotopic (exact) mass is 1900 g/mol. The van der Waals surface area contributed by atoms with Crippen molar-refractivity contribution in [2.24, 2.45) is 0 Å². The highest BCUT2D eigenvalue weighted by Gasteiger charge is 2.45. The number of halogens is 17. The first kappa shape index (κ1) is 97.3. The van der Waals surface area contributed by atoms with Gasteiger partial charge in [0.05, 0.1) is 66.8 Å². The van der Waals surface area contributed by atoms with Crippen LogP contribution in [0.5, 0.6) is 0 Å². The first-order valence-electron chi connectivity index (χ1n) is 39.7. The van der Waals surface area contributed by atoms with E-state index in [-0.39, 0.29) is 65.1 Å². The molecule has 0 fully saturated rings. The second-order valence-electron chi connectivity index (χ2n) is 29.9. The molecular formula is C102H63Cl2F15O16. The molecule has 0 amide bonds. The third-order valence-electron chi connectivity index (χ3n) is 20.0. The van der Waals surface area contributed by atoms with Crippen LogP contribution in [0.15, 0.2) is 309 Å². The van der Waals surface area contributed by atoms with E-state index in [9.17, 15) is 115 Å². The van der Waals surface area contributed by atoms with E-state index in [1.54, 1.807) is 140 Å². The molecule has 0 aromatic heterocycles. The van der Waals surface area contributed by atoms with E-state index in [0.717, 1.165) is 77.4 Å². The van der Waals surface area contributed by atoms with Gasteiger partial charge in [0.2, 0.25) is 23.1 Å². The lowest BCUT2D eigenvalue weighted by Crippen LogP contribution is -2.30. The molecule has 0 aliphatic carbocycles. The van der Waals surface area contributed by atoms with Gasteiger partial charge in [0.15, 0.2) is 0 Å². The highest BCUT2D eigenvalue weighted by molar-refractivity contribution is 6.31. The molecule has 6 aliphatic rings. The summed E-state index contributed by atoms with van der Waals surface area (Å²) >= 11 is 11.5. The largest absolute Gasteiger partial charge is 0.425 e. The summed E-state index contributed by atoms with van der Waals surface area (Å²) < 4.78 is 234. The Kier molecular flexibility index (Phi) is 30.0. The molecule has 0 spiro atoms. The van der Waals surface area contributed by atoms with Crippen LogP contribution in [-0.2, 0) is 82.9 Å². The molecule has 135 heavy (non-hydrogen) atoms. The number of aliphatic hydroxyl groups is 4. The van der Waals surface area contributed by atoms with Crippen molar-refractivity contribution in [2.45, 2.75) is 48.8 Å². The lowest BCUT2D eigenvalue weighted by atomic mass is 10.0. The fourth-order valence-electron chi connectivity index (χ4n) is 14.1. The zero-order chi connectivity index (χ0) is 97.0. The molecule has 33 heteroatoms. The van der Waals surface area contributed by atoms with Gasteiger partial charge in [0.1, 0.15) is 98.8 Å². The van der Waals surface area contributed by atoms with Gasteiger partial charge in [-0.2, -0.15) is 0 Å². The standard InChI is InChI=1S/C17H10ClF3O3.C17H11ClF2O3.C17H11F3O3.C17H9F3O2.C17H12F2O3.C17H10F2O2/c18-10-3-1-9(2-4-10)7-17(23)8-12(16(22)24-17)15-13(20)5-11(19)6-14(15)21;18-11-6-4-10(5-7-11)8-17(22)9-12(16(21)23-17)15-13(19)2-1-3-14(15)20;18-11-6-13(19)15(14(20)7-11)12-9-17(22,23-16(12)21)8-10-4-2-1-3-5-10;18-11-7-14(19)16(15(20)8-11)13-9-12(22-17(13)21)6-10-4-2-1-3-5-10;18-13-7-4-8-14(19)15(13)12-10-17(21,22-16(12)20)9-11-5-2-1-3-6-11;18-14-7-4-8-15(19)16(14)13-10-12(21-17(13)20)9-11-5-2-1-3-6-11/h1-6,8,23H,7H2;2*1-7,9,22H,8H2;1-9H;1-8,10,21H,9H2;1-10H/b;;;12-6+;;12-9+. The average molecular weight is 1900 g/mol. The van der Waals surface area contributed by atoms with Gasteiger partial charge >= 0.3 is 35.8 Å². The second kappa shape index (κ2) is 41.7. The number of carbonyl (C=O) groups excluding carboxylic acids is 6. The fourth-order valence-corrected chi connectivity index (χ4v) is 14.3. The maximum atomic E-state index is 13.8. The molecule has 12 aromatic carbocycles. The van der Waals surface area contributed by atoms with Crippen molar-refractivity contribution in [3.63, 3.8) is 0 Å². The van der Waals surface area contributed by atoms with Crippen LogP contribution in [0, 0.1) is 87.3 Å². The van der Waals surface area contributed by atoms with Crippen LogP contribution in [0.3, 0.4) is 0 Å². The zero-order valence-corrected chi connectivity index (χ0v) is 70.4. The Morgan fingerprint density at radius 3 is 0.696 bits per heavy atom. The summed E-state index contributed by atoms with van der Waals surface area (Å²) in [5.74, 6) is -29.0. The first-order valence-corrected chi connectivity index (χ1v) is 40.5. The van der Waals surface area contributed by atoms with Crippen molar-refractivity contribution in [2.75, 3.05) is 0 Å². The van der Waals surface area contributed by atoms with Crippen molar-refractivity contribution < 1.29 is 143 Å². The SMILES string of the molecule is O=C1O/C(=C/c2ccccc2)C=C1c1c(F)cc(F)cc1F.O=C1O/C(=C/c2ccccc2)C=C1c1c(F)cccc1F.O=C1OC(O)(Cc2ccc(Cl)cc2)C=C1c1c(F)cc(F)cc1F.O=C1OC(O)(Cc2ccc(Cl)cc2)C=C1c1c(F)cccc1F.O=C1OC(O)(Cc2ccccc2)C=C1c1c(F)cc(F)cc1F.O=C1OC(O)(Cc2ccccc2)C=C1c1c(F)cccc1F. The van der Waals surface area contributed by atoms with E-state index in [4.69, 9.17) is 51.6 Å². The molecule has 16 nitrogen and oxygen atoms in total. The number of ether oxygens (including phenoxy) is 6. The van der Waals surface area contributed by atoms with E-state index in [1.807, 2.05) is 42.5 Å². The number of benzene rings is 12. The van der Waals surface area contributed by atoms with Gasteiger partial charge in [-0.15, -0.1) is 0 Å². The molecular weight excluding hydrogens is 1840 g/mol. The van der Waals surface area contributed by atoms with E-state index in [2.05, 4.69) is 0 Å². The van der Waals surface area contributed by atoms with E-state index in [1.165, 1.54) is 30.4 Å². The van der Waals surface area contributed by atoms with Crippen LogP contribution in [-0.4, -0.2) is 79.4 Å². The summed E-state index contributed by atoms with van der Waals surface area (Å²) in [4.78, 5) is 71.3. The van der Waals surface area contributed by atoms with Crippen LogP contribution in [0.4, 0.5) is 65.9 Å². The molecule has 4 atom stereocenters. The van der Waals surface area contributed by atoms with Gasteiger partial charge in [0, 0.05) is 96.4 Å². The fraction of sp³-hybridized carbons (Fsp3) is 0.0784. The van der Waals surface area contributed by atoms with Crippen molar-refractivity contribution in [3.8, 4) is 0 Å². The Morgan fingerprint density at radius 1 is 0.244 bits per heavy atom. The number of cyclic esters (lactones) is 6. The third-order valence-corrected chi connectivity index (χ3v) is 20.5. The molecule has 0 radical (unpaired) electrons. The Balaban J connectivity index is 0.000000137. The van der Waals surface area contributed by atoms with Crippen molar-refractivity contribution in [3.05, 3.63) is 473 Å². The Hall–Kier alpha value is -15.3. The number of hydrogen-bond donors (Lipinski definition) is 4. The van der Waals surface area contributed by atoms with Gasteiger partial charge < -0.3 is 48.8 Å². The molecule has 0 bridgehead atoms. The van der Waals surface area contributed by atoms with Crippen molar-refractivity contribution >= 4 is 105 Å². The predicted octanol–water partition coefficient (Wildman–Crippen LogP) is 21.0. The lowest BCUT2D eigenvalue weighted by Gasteiger charge is -2.19. The highest BCUT2D eigenvalue weighted by Crippen LogP contribution is 2.41. The zero-order valence-electron chi connectivity index (χ0n) is 68.9. The average Bonchev–Trinajstić information content (AvgIpc) is 1.64. The van der Waals surface area contributed by atoms with Crippen LogP contribution >= 0.6 is 23.2 Å². The van der Waals surface area contributed by atoms with Crippen LogP contribution in [0.2, 0.25) is 10.0 Å². The first-order chi connectivity index (χ1) is 64.2. The van der Waals surface area contributed by atoms with Crippen LogP contribution < -0.4 is 0 Å². The molecule has 12 aromatic rings. The summed E-state index contributed by atoms with van der Waals surface area (Å²) in [6, 6.07) is 61.5. The molecule has 6 aliphatic heterocycles. The van der Waals surface area contributed by atoms with Gasteiger partial charge in [-0.3, -0.25) is 0 Å². The van der Waals surface area contributed by atoms with E-state index >= 15 is 0 Å². The molecule has 6 heterocycles. The Morgan fingerprint density at radius 2 is 0.452 bits per heavy atom.